The van der Waals surface area contributed by atoms with E-state index in [1.165, 1.54) is 44.6 Å². The lowest BCUT2D eigenvalue weighted by molar-refractivity contribution is -0.117. The highest BCUT2D eigenvalue weighted by atomic mass is 16.3. The number of carbonyl (C=O) groups is 2. The molecule has 0 atom stereocenters. The molecule has 0 unspecified atom stereocenters. The Hall–Kier alpha value is -1.38. The number of ketones is 2. The van der Waals surface area contributed by atoms with Gasteiger partial charge in [0.15, 0.2) is 11.5 Å². The molecule has 1 aliphatic carbocycles. The molecule has 0 aromatic rings. The van der Waals surface area contributed by atoms with Crippen molar-refractivity contribution in [1.29, 1.82) is 0 Å². The number of aliphatic hydroxyl groups is 1. The molecule has 20 heavy (non-hydrogen) atoms. The van der Waals surface area contributed by atoms with Crippen LogP contribution in [0.3, 0.4) is 0 Å². The van der Waals surface area contributed by atoms with Gasteiger partial charge in [-0.3, -0.25) is 9.59 Å². The summed E-state index contributed by atoms with van der Waals surface area (Å²) >= 11 is 0. The van der Waals surface area contributed by atoms with Crippen LogP contribution in [-0.2, 0) is 9.59 Å². The molecule has 112 valence electrons. The predicted molar refractivity (Wildman–Crippen MR) is 80.7 cm³/mol. The van der Waals surface area contributed by atoms with Gasteiger partial charge in [-0.2, -0.15) is 0 Å². The number of allylic oxidation sites excluding steroid dienone is 3. The minimum atomic E-state index is -0.449. The zero-order chi connectivity index (χ0) is 14.8. The first kappa shape index (κ1) is 16.7. The average molecular weight is 278 g/mol. The van der Waals surface area contributed by atoms with Crippen LogP contribution in [0, 0.1) is 0 Å². The molecule has 0 aliphatic heterocycles. The van der Waals surface area contributed by atoms with Gasteiger partial charge in [-0.15, -0.1) is 0 Å². The van der Waals surface area contributed by atoms with E-state index in [0.29, 0.717) is 12.0 Å². The molecule has 0 radical (unpaired) electrons. The van der Waals surface area contributed by atoms with E-state index in [4.69, 9.17) is 0 Å². The number of unbranched alkanes of at least 4 members (excludes halogenated alkanes) is 8. The van der Waals surface area contributed by atoms with Crippen LogP contribution < -0.4 is 0 Å². The highest BCUT2D eigenvalue weighted by Gasteiger charge is 2.21. The molecule has 1 aliphatic rings. The summed E-state index contributed by atoms with van der Waals surface area (Å²) in [5.41, 5.74) is 0.292. The van der Waals surface area contributed by atoms with Crippen LogP contribution in [-0.4, -0.2) is 16.7 Å². The third-order valence-electron chi connectivity index (χ3n) is 3.73. The second kappa shape index (κ2) is 9.51. The van der Waals surface area contributed by atoms with Crippen molar-refractivity contribution in [1.82, 2.24) is 0 Å². The molecule has 0 saturated heterocycles. The maximum atomic E-state index is 11.6. The van der Waals surface area contributed by atoms with Crippen molar-refractivity contribution in [2.75, 3.05) is 0 Å². The Morgan fingerprint density at radius 3 is 1.90 bits per heavy atom. The molecule has 3 nitrogen and oxygen atoms in total. The fraction of sp³-hybridized carbons (Fsp3) is 0.647. The van der Waals surface area contributed by atoms with Gasteiger partial charge in [0.25, 0.3) is 0 Å². The Bertz CT molecular complexity index is 391. The third-order valence-corrected chi connectivity index (χ3v) is 3.73. The van der Waals surface area contributed by atoms with Crippen LogP contribution in [0.2, 0.25) is 0 Å². The monoisotopic (exact) mass is 278 g/mol. The second-order valence-corrected chi connectivity index (χ2v) is 5.47. The van der Waals surface area contributed by atoms with Crippen LogP contribution in [0.5, 0.6) is 0 Å². The van der Waals surface area contributed by atoms with Gasteiger partial charge >= 0.3 is 0 Å². The number of aliphatic hydroxyl groups excluding tert-OH is 1. The fourth-order valence-electron chi connectivity index (χ4n) is 2.45. The summed E-state index contributed by atoms with van der Waals surface area (Å²) in [6.07, 6.45) is 13.8. The van der Waals surface area contributed by atoms with Gasteiger partial charge in [-0.25, -0.2) is 0 Å². The first-order chi connectivity index (χ1) is 9.66. The largest absolute Gasteiger partial charge is 0.504 e. The molecule has 0 aromatic heterocycles. The maximum Gasteiger partial charge on any atom is 0.220 e. The molecule has 0 fully saturated rings. The lowest BCUT2D eigenvalue weighted by atomic mass is 9.96. The SMILES string of the molecule is CCCCCCCCCCCC1=C(O)C(=O)C=CC1=O. The molecule has 3 heteroatoms. The third kappa shape index (κ3) is 5.72. The molecule has 1 N–H and O–H groups in total. The maximum absolute atomic E-state index is 11.6. The molecule has 1 rings (SSSR count). The summed E-state index contributed by atoms with van der Waals surface area (Å²) < 4.78 is 0. The highest BCUT2D eigenvalue weighted by Crippen LogP contribution is 2.19. The van der Waals surface area contributed by atoms with Crippen molar-refractivity contribution < 1.29 is 14.7 Å². The predicted octanol–water partition coefficient (Wildman–Crippen LogP) is 4.43. The van der Waals surface area contributed by atoms with Crippen LogP contribution in [0.4, 0.5) is 0 Å². The first-order valence-corrected chi connectivity index (χ1v) is 7.85. The molecule has 0 spiro atoms. The minimum absolute atomic E-state index is 0.221. The van der Waals surface area contributed by atoms with Gasteiger partial charge in [0.2, 0.25) is 5.78 Å². The van der Waals surface area contributed by atoms with Gasteiger partial charge in [-0.1, -0.05) is 58.3 Å². The zero-order valence-electron chi connectivity index (χ0n) is 12.5. The molecular weight excluding hydrogens is 252 g/mol. The van der Waals surface area contributed by atoms with E-state index in [1.54, 1.807) is 0 Å². The average Bonchev–Trinajstić information content (AvgIpc) is 2.44. The molecular formula is C17H26O3. The Balaban J connectivity index is 2.11. The summed E-state index contributed by atoms with van der Waals surface area (Å²) in [5.74, 6) is -1.02. The smallest absolute Gasteiger partial charge is 0.220 e. The van der Waals surface area contributed by atoms with Gasteiger partial charge < -0.3 is 5.11 Å². The van der Waals surface area contributed by atoms with Gasteiger partial charge in [0, 0.05) is 5.57 Å². The summed E-state index contributed by atoms with van der Waals surface area (Å²) in [5, 5.41) is 9.59. The van der Waals surface area contributed by atoms with E-state index in [1.807, 2.05) is 0 Å². The Labute approximate surface area is 121 Å². The topological polar surface area (TPSA) is 54.4 Å². The number of hydrogen-bond donors (Lipinski definition) is 1. The fourth-order valence-corrected chi connectivity index (χ4v) is 2.45. The van der Waals surface area contributed by atoms with Crippen molar-refractivity contribution in [3.63, 3.8) is 0 Å². The normalized spacial score (nSPS) is 15.2. The van der Waals surface area contributed by atoms with Gasteiger partial charge in [0.05, 0.1) is 0 Å². The Kier molecular flexibility index (Phi) is 7.93. The second-order valence-electron chi connectivity index (χ2n) is 5.47. The molecule has 0 heterocycles. The molecule has 0 amide bonds. The Morgan fingerprint density at radius 1 is 0.800 bits per heavy atom. The standard InChI is InChI=1S/C17H26O3/c1-2-3-4-5-6-7-8-9-10-11-14-15(18)12-13-16(19)17(14)20/h12-13,20H,2-11H2,1H3. The molecule has 0 aromatic carbocycles. The van der Waals surface area contributed by atoms with Crippen LogP contribution in [0.15, 0.2) is 23.5 Å². The summed E-state index contributed by atoms with van der Waals surface area (Å²) in [6.45, 7) is 2.22. The van der Waals surface area contributed by atoms with E-state index < -0.39 is 5.78 Å². The minimum Gasteiger partial charge on any atom is -0.504 e. The van der Waals surface area contributed by atoms with Crippen molar-refractivity contribution >= 4 is 11.6 Å². The van der Waals surface area contributed by atoms with Crippen LogP contribution in [0.1, 0.15) is 71.1 Å². The van der Waals surface area contributed by atoms with E-state index in [9.17, 15) is 14.7 Å². The quantitative estimate of drug-likeness (QED) is 0.475. The lowest BCUT2D eigenvalue weighted by Crippen LogP contribution is -2.14. The van der Waals surface area contributed by atoms with Crippen molar-refractivity contribution in [3.05, 3.63) is 23.5 Å². The zero-order valence-corrected chi connectivity index (χ0v) is 12.5. The lowest BCUT2D eigenvalue weighted by Gasteiger charge is -2.09. The van der Waals surface area contributed by atoms with Crippen LogP contribution >= 0.6 is 0 Å². The summed E-state index contributed by atoms with van der Waals surface area (Å²) in [7, 11) is 0. The van der Waals surface area contributed by atoms with Crippen molar-refractivity contribution in [2.24, 2.45) is 0 Å². The van der Waals surface area contributed by atoms with Crippen molar-refractivity contribution in [2.45, 2.75) is 71.1 Å². The highest BCUT2D eigenvalue weighted by molar-refractivity contribution is 6.18. The van der Waals surface area contributed by atoms with E-state index in [-0.39, 0.29) is 11.5 Å². The molecule has 0 saturated carbocycles. The van der Waals surface area contributed by atoms with Gasteiger partial charge in [0.1, 0.15) is 0 Å². The van der Waals surface area contributed by atoms with E-state index in [0.717, 1.165) is 25.3 Å². The summed E-state index contributed by atoms with van der Waals surface area (Å²) in [6, 6.07) is 0. The number of hydrogen-bond acceptors (Lipinski definition) is 3. The van der Waals surface area contributed by atoms with E-state index >= 15 is 0 Å². The van der Waals surface area contributed by atoms with Crippen LogP contribution in [0.25, 0.3) is 0 Å². The summed E-state index contributed by atoms with van der Waals surface area (Å²) in [4.78, 5) is 22.8. The van der Waals surface area contributed by atoms with Gasteiger partial charge in [-0.05, 0) is 25.0 Å². The number of rotatable bonds is 10. The Morgan fingerprint density at radius 2 is 1.30 bits per heavy atom. The number of carbonyl (C=O) groups excluding carboxylic acids is 2. The first-order valence-electron chi connectivity index (χ1n) is 7.85. The van der Waals surface area contributed by atoms with Crippen molar-refractivity contribution in [3.8, 4) is 0 Å². The van der Waals surface area contributed by atoms with E-state index in [2.05, 4.69) is 6.92 Å². The molecule has 0 bridgehead atoms.